The molecule has 2 aromatic rings. The van der Waals surface area contributed by atoms with Crippen molar-refractivity contribution in [1.29, 1.82) is 0 Å². The van der Waals surface area contributed by atoms with Gasteiger partial charge in [-0.3, -0.25) is 4.98 Å². The largest absolute Gasteiger partial charge is 0.317 e. The number of para-hydroxylation sites is 1. The molecule has 1 heterocycles. The first-order valence-electron chi connectivity index (χ1n) is 6.82. The Balaban J connectivity index is 2.05. The number of nitrogens with one attached hydrogen (secondary N) is 1. The Kier molecular flexibility index (Phi) is 3.04. The van der Waals surface area contributed by atoms with Crippen LogP contribution < -0.4 is 5.32 Å². The summed E-state index contributed by atoms with van der Waals surface area (Å²) in [5.41, 5.74) is 2.62. The van der Waals surface area contributed by atoms with Crippen molar-refractivity contribution in [1.82, 2.24) is 10.3 Å². The summed E-state index contributed by atoms with van der Waals surface area (Å²) in [6, 6.07) is 11.4. The first kappa shape index (κ1) is 11.7. The lowest BCUT2D eigenvalue weighted by molar-refractivity contribution is 0.430. The molecule has 2 heteroatoms. The average Bonchev–Trinajstić information content (AvgIpc) is 2.79. The van der Waals surface area contributed by atoms with Gasteiger partial charge in [0.15, 0.2) is 0 Å². The fraction of sp³-hybridized carbons (Fsp3) is 0.438. The molecule has 0 radical (unpaired) electrons. The third kappa shape index (κ3) is 1.81. The van der Waals surface area contributed by atoms with Crippen LogP contribution in [0, 0.1) is 5.92 Å². The second-order valence-corrected chi connectivity index (χ2v) is 5.36. The molecular weight excluding hydrogens is 220 g/mol. The lowest BCUT2D eigenvalue weighted by Gasteiger charge is -2.21. The molecule has 1 N–H and O–H groups in total. The highest BCUT2D eigenvalue weighted by Crippen LogP contribution is 2.41. The molecule has 1 aliphatic carbocycles. The number of nitrogens with zero attached hydrogens (tertiary/aromatic N) is 1. The van der Waals surface area contributed by atoms with Gasteiger partial charge >= 0.3 is 0 Å². The summed E-state index contributed by atoms with van der Waals surface area (Å²) in [4.78, 5) is 4.59. The van der Waals surface area contributed by atoms with Gasteiger partial charge in [-0.05, 0) is 43.4 Å². The number of benzene rings is 1. The number of pyridine rings is 1. The zero-order valence-electron chi connectivity index (χ0n) is 11.1. The van der Waals surface area contributed by atoms with Crippen LogP contribution >= 0.6 is 0 Å². The van der Waals surface area contributed by atoms with Crippen molar-refractivity contribution in [2.45, 2.75) is 31.7 Å². The van der Waals surface area contributed by atoms with Crippen molar-refractivity contribution < 1.29 is 0 Å². The molecule has 1 aromatic carbocycles. The van der Waals surface area contributed by atoms with Crippen LogP contribution in [0.1, 0.15) is 31.2 Å². The van der Waals surface area contributed by atoms with E-state index in [0.29, 0.717) is 17.9 Å². The van der Waals surface area contributed by atoms with E-state index < -0.39 is 0 Å². The van der Waals surface area contributed by atoms with Crippen LogP contribution in [0.15, 0.2) is 36.5 Å². The van der Waals surface area contributed by atoms with Gasteiger partial charge in [0.25, 0.3) is 0 Å². The van der Waals surface area contributed by atoms with E-state index in [1.165, 1.54) is 29.3 Å². The van der Waals surface area contributed by atoms with Crippen LogP contribution in [0.5, 0.6) is 0 Å². The summed E-state index contributed by atoms with van der Waals surface area (Å²) in [6.45, 7) is 2.36. The quantitative estimate of drug-likeness (QED) is 0.871. The van der Waals surface area contributed by atoms with Crippen molar-refractivity contribution in [3.63, 3.8) is 0 Å². The van der Waals surface area contributed by atoms with Crippen molar-refractivity contribution in [2.75, 3.05) is 7.05 Å². The number of rotatable bonds is 2. The van der Waals surface area contributed by atoms with E-state index in [1.807, 2.05) is 12.3 Å². The van der Waals surface area contributed by atoms with Gasteiger partial charge in [-0.15, -0.1) is 0 Å². The lowest BCUT2D eigenvalue weighted by Crippen LogP contribution is -2.28. The number of fused-ring (bicyclic) bond motifs is 1. The van der Waals surface area contributed by atoms with Crippen LogP contribution in [-0.2, 0) is 0 Å². The molecule has 18 heavy (non-hydrogen) atoms. The van der Waals surface area contributed by atoms with E-state index in [4.69, 9.17) is 0 Å². The van der Waals surface area contributed by atoms with Gasteiger partial charge in [0.05, 0.1) is 5.52 Å². The molecule has 0 aliphatic heterocycles. The molecule has 0 bridgehead atoms. The smallest absolute Gasteiger partial charge is 0.0736 e. The molecule has 2 nitrogen and oxygen atoms in total. The van der Waals surface area contributed by atoms with Crippen LogP contribution in [0.2, 0.25) is 0 Å². The molecule has 1 saturated carbocycles. The second-order valence-electron chi connectivity index (χ2n) is 5.36. The summed E-state index contributed by atoms with van der Waals surface area (Å²) in [5, 5.41) is 4.70. The van der Waals surface area contributed by atoms with Gasteiger partial charge < -0.3 is 5.32 Å². The fourth-order valence-corrected chi connectivity index (χ4v) is 3.44. The van der Waals surface area contributed by atoms with Crippen LogP contribution in [0.4, 0.5) is 0 Å². The Morgan fingerprint density at radius 1 is 1.17 bits per heavy atom. The van der Waals surface area contributed by atoms with Gasteiger partial charge in [-0.2, -0.15) is 0 Å². The Morgan fingerprint density at radius 3 is 2.78 bits per heavy atom. The molecule has 0 amide bonds. The number of hydrogen-bond donors (Lipinski definition) is 1. The van der Waals surface area contributed by atoms with E-state index >= 15 is 0 Å². The molecule has 3 atom stereocenters. The third-order valence-corrected chi connectivity index (χ3v) is 4.49. The normalized spacial score (nSPS) is 27.8. The maximum absolute atomic E-state index is 4.59. The van der Waals surface area contributed by atoms with Crippen LogP contribution in [0.3, 0.4) is 0 Å². The van der Waals surface area contributed by atoms with Gasteiger partial charge in [-0.1, -0.05) is 31.2 Å². The van der Waals surface area contributed by atoms with E-state index in [2.05, 4.69) is 48.5 Å². The minimum Gasteiger partial charge on any atom is -0.317 e. The number of aromatic nitrogens is 1. The molecule has 1 aromatic heterocycles. The highest BCUT2D eigenvalue weighted by molar-refractivity contribution is 5.82. The summed E-state index contributed by atoms with van der Waals surface area (Å²) in [6.07, 6.45) is 4.44. The maximum atomic E-state index is 4.59. The second kappa shape index (κ2) is 4.69. The van der Waals surface area contributed by atoms with Crippen LogP contribution in [0.25, 0.3) is 10.9 Å². The predicted octanol–water partition coefficient (Wildman–Crippen LogP) is 3.34. The lowest BCUT2D eigenvalue weighted by atomic mass is 9.87. The molecule has 1 aliphatic rings. The monoisotopic (exact) mass is 240 g/mol. The van der Waals surface area contributed by atoms with Crippen LogP contribution in [-0.4, -0.2) is 18.1 Å². The number of hydrogen-bond acceptors (Lipinski definition) is 2. The highest BCUT2D eigenvalue weighted by atomic mass is 14.9. The first-order valence-corrected chi connectivity index (χ1v) is 6.82. The Labute approximate surface area is 108 Å². The van der Waals surface area contributed by atoms with Crippen molar-refractivity contribution in [3.8, 4) is 0 Å². The molecule has 0 saturated heterocycles. The molecule has 1 fully saturated rings. The topological polar surface area (TPSA) is 24.9 Å². The molecular formula is C16H20N2. The fourth-order valence-electron chi connectivity index (χ4n) is 3.44. The summed E-state index contributed by atoms with van der Waals surface area (Å²) in [7, 11) is 2.07. The third-order valence-electron chi connectivity index (χ3n) is 4.49. The molecule has 0 spiro atoms. The summed E-state index contributed by atoms with van der Waals surface area (Å²) >= 11 is 0. The SMILES string of the molecule is CNC1CCC(c2cccc3cccnc23)C1C. The molecule has 3 rings (SSSR count). The standard InChI is InChI=1S/C16H20N2/c1-11-13(8-9-15(11)17-2)14-7-3-5-12-6-4-10-18-16(12)14/h3-7,10-11,13,15,17H,8-9H2,1-2H3. The Hall–Kier alpha value is -1.41. The zero-order valence-corrected chi connectivity index (χ0v) is 11.1. The first-order chi connectivity index (χ1) is 8.81. The van der Waals surface area contributed by atoms with Gasteiger partial charge in [0, 0.05) is 17.6 Å². The van der Waals surface area contributed by atoms with E-state index in [9.17, 15) is 0 Å². The van der Waals surface area contributed by atoms with Crippen molar-refractivity contribution >= 4 is 10.9 Å². The average molecular weight is 240 g/mol. The minimum absolute atomic E-state index is 0.640. The maximum Gasteiger partial charge on any atom is 0.0736 e. The van der Waals surface area contributed by atoms with E-state index in [-0.39, 0.29) is 0 Å². The zero-order chi connectivity index (χ0) is 12.5. The highest BCUT2D eigenvalue weighted by Gasteiger charge is 2.33. The molecule has 3 unspecified atom stereocenters. The van der Waals surface area contributed by atoms with Crippen molar-refractivity contribution in [2.24, 2.45) is 5.92 Å². The predicted molar refractivity (Wildman–Crippen MR) is 75.7 cm³/mol. The Morgan fingerprint density at radius 2 is 2.00 bits per heavy atom. The summed E-state index contributed by atoms with van der Waals surface area (Å²) < 4.78 is 0. The van der Waals surface area contributed by atoms with E-state index in [1.54, 1.807) is 0 Å². The Bertz CT molecular complexity index is 544. The molecule has 94 valence electrons. The van der Waals surface area contributed by atoms with Gasteiger partial charge in [0.2, 0.25) is 0 Å². The van der Waals surface area contributed by atoms with Gasteiger partial charge in [0.1, 0.15) is 0 Å². The van der Waals surface area contributed by atoms with Crippen molar-refractivity contribution in [3.05, 3.63) is 42.1 Å². The summed E-state index contributed by atoms with van der Waals surface area (Å²) in [5.74, 6) is 1.32. The van der Waals surface area contributed by atoms with Gasteiger partial charge in [-0.25, -0.2) is 0 Å². The minimum atomic E-state index is 0.640. The van der Waals surface area contributed by atoms with E-state index in [0.717, 1.165) is 0 Å².